The zero-order chi connectivity index (χ0) is 17.5. The summed E-state index contributed by atoms with van der Waals surface area (Å²) in [4.78, 5) is 5.55. The summed E-state index contributed by atoms with van der Waals surface area (Å²) in [6.45, 7) is 7.26. The maximum absolute atomic E-state index is 12.7. The number of hydrogen-bond acceptors (Lipinski definition) is 4. The average molecular weight is 353 g/mol. The van der Waals surface area contributed by atoms with Crippen molar-refractivity contribution in [2.45, 2.75) is 50.3 Å². The predicted molar refractivity (Wildman–Crippen MR) is 95.0 cm³/mol. The normalized spacial score (nSPS) is 26.0. The monoisotopic (exact) mass is 352 g/mol. The van der Waals surface area contributed by atoms with Crippen molar-refractivity contribution in [3.05, 3.63) is 35.4 Å². The lowest BCUT2D eigenvalue weighted by atomic mass is 9.86. The molecule has 1 aliphatic heterocycles. The van der Waals surface area contributed by atoms with E-state index >= 15 is 0 Å². The van der Waals surface area contributed by atoms with Gasteiger partial charge in [0, 0.05) is 13.6 Å². The van der Waals surface area contributed by atoms with Crippen LogP contribution in [0.25, 0.3) is 0 Å². The molecule has 0 bridgehead atoms. The molecule has 1 saturated carbocycles. The minimum atomic E-state index is -3.40. The minimum Gasteiger partial charge on any atom is -0.297 e. The molecule has 2 atom stereocenters. The van der Waals surface area contributed by atoms with Gasteiger partial charge in [-0.15, -0.1) is 0 Å². The fourth-order valence-electron chi connectivity index (χ4n) is 3.12. The van der Waals surface area contributed by atoms with E-state index in [0.29, 0.717) is 12.5 Å². The molecule has 3 rings (SSSR count). The smallest absolute Gasteiger partial charge is 0.218 e. The second kappa shape index (κ2) is 6.41. The van der Waals surface area contributed by atoms with E-state index in [9.17, 15) is 8.42 Å². The van der Waals surface area contributed by atoms with Crippen molar-refractivity contribution in [3.8, 4) is 0 Å². The Balaban J connectivity index is 1.81. The van der Waals surface area contributed by atoms with Crippen molar-refractivity contribution in [1.29, 1.82) is 0 Å². The van der Waals surface area contributed by atoms with Crippen LogP contribution in [0, 0.1) is 5.92 Å². The molecule has 0 radical (unpaired) electrons. The van der Waals surface area contributed by atoms with E-state index in [1.165, 1.54) is 5.56 Å². The average Bonchev–Trinajstić information content (AvgIpc) is 3.25. The number of hydroxylamine groups is 2. The van der Waals surface area contributed by atoms with Crippen LogP contribution in [0.5, 0.6) is 0 Å². The summed E-state index contributed by atoms with van der Waals surface area (Å²) in [7, 11) is -1.60. The topological polar surface area (TPSA) is 58.6 Å². The van der Waals surface area contributed by atoms with E-state index < -0.39 is 15.3 Å². The first-order valence-electron chi connectivity index (χ1n) is 8.63. The van der Waals surface area contributed by atoms with Gasteiger partial charge in [0.2, 0.25) is 10.0 Å². The highest BCUT2D eigenvalue weighted by Gasteiger charge is 2.43. The second-order valence-corrected chi connectivity index (χ2v) is 10.0. The number of nitrogens with one attached hydrogen (secondary N) is 1. The highest BCUT2D eigenvalue weighted by Crippen LogP contribution is 2.35. The Morgan fingerprint density at radius 1 is 1.21 bits per heavy atom. The number of rotatable bonds is 5. The van der Waals surface area contributed by atoms with Crippen LogP contribution in [-0.2, 0) is 20.3 Å². The Labute approximate surface area is 145 Å². The number of nitrogens with zero attached hydrogens (tertiary/aromatic N) is 1. The van der Waals surface area contributed by atoms with Crippen LogP contribution in [0.15, 0.2) is 24.3 Å². The van der Waals surface area contributed by atoms with Crippen molar-refractivity contribution in [2.24, 2.45) is 5.92 Å². The Morgan fingerprint density at radius 2 is 1.83 bits per heavy atom. The molecule has 6 heteroatoms. The van der Waals surface area contributed by atoms with Gasteiger partial charge in [0.1, 0.15) is 5.25 Å². The van der Waals surface area contributed by atoms with Gasteiger partial charge in [0.15, 0.2) is 0 Å². The van der Waals surface area contributed by atoms with Crippen LogP contribution in [0.1, 0.15) is 50.8 Å². The van der Waals surface area contributed by atoms with Gasteiger partial charge >= 0.3 is 0 Å². The number of sulfonamides is 1. The van der Waals surface area contributed by atoms with Crippen LogP contribution in [0.3, 0.4) is 0 Å². The molecule has 134 valence electrons. The molecule has 0 aromatic heterocycles. The molecular formula is C18H28N2O3S. The molecule has 0 spiro atoms. The quantitative estimate of drug-likeness (QED) is 0.885. The molecule has 1 N–H and O–H groups in total. The predicted octanol–water partition coefficient (Wildman–Crippen LogP) is 2.60. The number of hydrogen-bond donors (Lipinski definition) is 1. The highest BCUT2D eigenvalue weighted by atomic mass is 32.2. The summed E-state index contributed by atoms with van der Waals surface area (Å²) < 4.78 is 28.2. The van der Waals surface area contributed by atoms with Gasteiger partial charge in [0.25, 0.3) is 0 Å². The third-order valence-electron chi connectivity index (χ3n) is 4.97. The highest BCUT2D eigenvalue weighted by molar-refractivity contribution is 7.90. The Morgan fingerprint density at radius 3 is 2.38 bits per heavy atom. The second-order valence-electron chi connectivity index (χ2n) is 8.03. The standard InChI is InChI=1S/C18H28N2O3S/c1-18(2,3)15-9-7-14(8-10-15)17-16(12-23-20(17)4)24(21,22)19-11-13-5-6-13/h7-10,13,16-17,19H,5-6,11-12H2,1-4H3. The van der Waals surface area contributed by atoms with Gasteiger partial charge in [-0.25, -0.2) is 13.1 Å². The molecule has 2 aliphatic rings. The van der Waals surface area contributed by atoms with Crippen molar-refractivity contribution < 1.29 is 13.3 Å². The Bertz CT molecular complexity index is 675. The first-order chi connectivity index (χ1) is 11.2. The fourth-order valence-corrected chi connectivity index (χ4v) is 4.71. The zero-order valence-corrected chi connectivity index (χ0v) is 15.8. The SMILES string of the molecule is CN1OCC(S(=O)(=O)NCC2CC2)C1c1ccc(C(C)(C)C)cc1. The summed E-state index contributed by atoms with van der Waals surface area (Å²) in [6, 6.07) is 7.95. The molecule has 1 aromatic rings. The van der Waals surface area contributed by atoms with E-state index in [1.807, 2.05) is 12.1 Å². The van der Waals surface area contributed by atoms with Gasteiger partial charge in [0.05, 0.1) is 12.6 Å². The van der Waals surface area contributed by atoms with Gasteiger partial charge < -0.3 is 0 Å². The lowest BCUT2D eigenvalue weighted by Gasteiger charge is -2.25. The van der Waals surface area contributed by atoms with Crippen LogP contribution >= 0.6 is 0 Å². The first kappa shape index (κ1) is 17.9. The van der Waals surface area contributed by atoms with Gasteiger partial charge in [-0.2, -0.15) is 5.06 Å². The van der Waals surface area contributed by atoms with Crippen LogP contribution in [0.4, 0.5) is 0 Å². The molecule has 1 saturated heterocycles. The largest absolute Gasteiger partial charge is 0.297 e. The summed E-state index contributed by atoms with van der Waals surface area (Å²) in [6.07, 6.45) is 2.25. The third-order valence-corrected chi connectivity index (χ3v) is 6.73. The van der Waals surface area contributed by atoms with Gasteiger partial charge in [-0.1, -0.05) is 45.0 Å². The van der Waals surface area contributed by atoms with E-state index in [-0.39, 0.29) is 18.1 Å². The minimum absolute atomic E-state index is 0.0773. The fraction of sp³-hybridized carbons (Fsp3) is 0.667. The molecule has 1 heterocycles. The molecule has 1 aromatic carbocycles. The van der Waals surface area contributed by atoms with Crippen molar-refractivity contribution in [2.75, 3.05) is 20.2 Å². The molecule has 5 nitrogen and oxygen atoms in total. The summed E-state index contributed by atoms with van der Waals surface area (Å²) in [5, 5.41) is 1.09. The molecule has 2 unspecified atom stereocenters. The molecular weight excluding hydrogens is 324 g/mol. The number of benzene rings is 1. The van der Waals surface area contributed by atoms with Gasteiger partial charge in [-0.3, -0.25) is 4.84 Å². The molecule has 2 fully saturated rings. The maximum Gasteiger partial charge on any atom is 0.218 e. The third kappa shape index (κ3) is 3.82. The summed E-state index contributed by atoms with van der Waals surface area (Å²) in [5.41, 5.74) is 2.29. The lowest BCUT2D eigenvalue weighted by Crippen LogP contribution is -2.40. The Kier molecular flexibility index (Phi) is 4.77. The molecule has 0 amide bonds. The van der Waals surface area contributed by atoms with Crippen molar-refractivity contribution >= 4 is 10.0 Å². The van der Waals surface area contributed by atoms with Gasteiger partial charge in [-0.05, 0) is 35.3 Å². The molecule has 1 aliphatic carbocycles. The van der Waals surface area contributed by atoms with Crippen LogP contribution < -0.4 is 4.72 Å². The van der Waals surface area contributed by atoms with E-state index in [0.717, 1.165) is 18.4 Å². The van der Waals surface area contributed by atoms with Crippen molar-refractivity contribution in [1.82, 2.24) is 9.79 Å². The first-order valence-corrected chi connectivity index (χ1v) is 10.2. The Hall–Kier alpha value is -0.950. The van der Waals surface area contributed by atoms with E-state index in [4.69, 9.17) is 4.84 Å². The van der Waals surface area contributed by atoms with E-state index in [2.05, 4.69) is 37.6 Å². The maximum atomic E-state index is 12.7. The van der Waals surface area contributed by atoms with Crippen LogP contribution in [-0.4, -0.2) is 38.9 Å². The van der Waals surface area contributed by atoms with E-state index in [1.54, 1.807) is 12.1 Å². The van der Waals surface area contributed by atoms with Crippen molar-refractivity contribution in [3.63, 3.8) is 0 Å². The summed E-state index contributed by atoms with van der Waals surface area (Å²) in [5.74, 6) is 0.518. The molecule has 24 heavy (non-hydrogen) atoms. The summed E-state index contributed by atoms with van der Waals surface area (Å²) >= 11 is 0. The van der Waals surface area contributed by atoms with Crippen LogP contribution in [0.2, 0.25) is 0 Å². The zero-order valence-electron chi connectivity index (χ0n) is 15.0. The lowest BCUT2D eigenvalue weighted by molar-refractivity contribution is -0.110.